The van der Waals surface area contributed by atoms with E-state index in [0.29, 0.717) is 12.0 Å². The standard InChI is InChI=1S/C16H23O3/c1-11(17)7-8-12-5-4-6-13-9-15(18-2)16(19-3)10-14(12)13/h9-10,12,17H,4-8H2,1-3H3/t12-/m1/s1. The van der Waals surface area contributed by atoms with Gasteiger partial charge >= 0.3 is 0 Å². The van der Waals surface area contributed by atoms with Gasteiger partial charge in [0.1, 0.15) is 0 Å². The first-order valence-electron chi connectivity index (χ1n) is 6.92. The molecule has 105 valence electrons. The number of ether oxygens (including phenoxy) is 2. The average Bonchev–Trinajstić information content (AvgIpc) is 2.43. The molecule has 0 unspecified atom stereocenters. The summed E-state index contributed by atoms with van der Waals surface area (Å²) in [6.07, 6.45) is 5.80. The molecule has 1 aromatic rings. The zero-order valence-electron chi connectivity index (χ0n) is 12.0. The van der Waals surface area contributed by atoms with Gasteiger partial charge in [-0.05, 0) is 68.2 Å². The molecule has 19 heavy (non-hydrogen) atoms. The number of hydrogen-bond donors (Lipinski definition) is 1. The number of rotatable bonds is 5. The van der Waals surface area contributed by atoms with Gasteiger partial charge in [-0.1, -0.05) is 0 Å². The fraction of sp³-hybridized carbons (Fsp3) is 0.562. The van der Waals surface area contributed by atoms with Crippen molar-refractivity contribution in [3.63, 3.8) is 0 Å². The summed E-state index contributed by atoms with van der Waals surface area (Å²) in [5.41, 5.74) is 2.73. The predicted molar refractivity (Wildman–Crippen MR) is 75.3 cm³/mol. The largest absolute Gasteiger partial charge is 0.493 e. The van der Waals surface area contributed by atoms with E-state index in [1.54, 1.807) is 21.1 Å². The lowest BCUT2D eigenvalue weighted by molar-refractivity contribution is 0.284. The van der Waals surface area contributed by atoms with E-state index in [2.05, 4.69) is 12.1 Å². The first kappa shape index (κ1) is 14.2. The van der Waals surface area contributed by atoms with Crippen molar-refractivity contribution in [3.8, 4) is 11.5 Å². The normalized spacial score (nSPS) is 18.3. The third kappa shape index (κ3) is 3.21. The summed E-state index contributed by atoms with van der Waals surface area (Å²) in [5, 5.41) is 9.39. The summed E-state index contributed by atoms with van der Waals surface area (Å²) < 4.78 is 10.8. The number of aryl methyl sites for hydroxylation is 1. The molecule has 0 saturated carbocycles. The number of aliphatic hydroxyl groups excluding tert-OH is 1. The lowest BCUT2D eigenvalue weighted by atomic mass is 9.80. The van der Waals surface area contributed by atoms with E-state index in [0.717, 1.165) is 30.8 Å². The molecular formula is C16H23O3. The van der Waals surface area contributed by atoms with E-state index in [-0.39, 0.29) is 0 Å². The Morgan fingerprint density at radius 3 is 2.58 bits per heavy atom. The van der Waals surface area contributed by atoms with Crippen LogP contribution < -0.4 is 9.47 Å². The van der Waals surface area contributed by atoms with E-state index in [9.17, 15) is 5.11 Å². The molecule has 1 atom stereocenters. The quantitative estimate of drug-likeness (QED) is 0.877. The summed E-state index contributed by atoms with van der Waals surface area (Å²) in [4.78, 5) is 0. The zero-order chi connectivity index (χ0) is 13.8. The first-order chi connectivity index (χ1) is 9.15. The fourth-order valence-corrected chi connectivity index (χ4v) is 2.91. The van der Waals surface area contributed by atoms with Crippen LogP contribution in [-0.4, -0.2) is 19.3 Å². The van der Waals surface area contributed by atoms with Gasteiger partial charge < -0.3 is 14.6 Å². The molecule has 1 aliphatic rings. The maximum absolute atomic E-state index is 9.39. The molecule has 0 heterocycles. The Bertz CT molecular complexity index is 426. The molecule has 1 radical (unpaired) electrons. The Hall–Kier alpha value is -1.22. The molecule has 0 amide bonds. The third-order valence-electron chi connectivity index (χ3n) is 3.94. The predicted octanol–water partition coefficient (Wildman–Crippen LogP) is 3.83. The Labute approximate surface area is 115 Å². The summed E-state index contributed by atoms with van der Waals surface area (Å²) in [7, 11) is 3.35. The maximum Gasteiger partial charge on any atom is 0.161 e. The van der Waals surface area contributed by atoms with Crippen LogP contribution >= 0.6 is 0 Å². The average molecular weight is 263 g/mol. The third-order valence-corrected chi connectivity index (χ3v) is 3.94. The molecule has 3 nitrogen and oxygen atoms in total. The fourth-order valence-electron chi connectivity index (χ4n) is 2.91. The topological polar surface area (TPSA) is 38.7 Å². The van der Waals surface area contributed by atoms with Gasteiger partial charge in [0.05, 0.1) is 20.3 Å². The van der Waals surface area contributed by atoms with Crippen LogP contribution in [0.2, 0.25) is 0 Å². The second kappa shape index (κ2) is 6.29. The lowest BCUT2D eigenvalue weighted by Crippen LogP contribution is -2.11. The molecule has 0 bridgehead atoms. The number of aliphatic hydroxyl groups is 1. The molecular weight excluding hydrogens is 240 g/mol. The molecule has 0 saturated heterocycles. The smallest absolute Gasteiger partial charge is 0.161 e. The molecule has 0 aliphatic heterocycles. The van der Waals surface area contributed by atoms with Crippen LogP contribution in [0.4, 0.5) is 0 Å². The van der Waals surface area contributed by atoms with Crippen LogP contribution in [0.25, 0.3) is 0 Å². The van der Waals surface area contributed by atoms with Gasteiger partial charge in [-0.25, -0.2) is 0 Å². The zero-order valence-corrected chi connectivity index (χ0v) is 12.0. The van der Waals surface area contributed by atoms with Gasteiger partial charge in [0.25, 0.3) is 0 Å². The monoisotopic (exact) mass is 263 g/mol. The van der Waals surface area contributed by atoms with Crippen molar-refractivity contribution >= 4 is 0 Å². The second-order valence-corrected chi connectivity index (χ2v) is 5.27. The van der Waals surface area contributed by atoms with Crippen molar-refractivity contribution < 1.29 is 14.6 Å². The van der Waals surface area contributed by atoms with E-state index in [4.69, 9.17) is 9.47 Å². The molecule has 1 aliphatic carbocycles. The minimum absolute atomic E-state index is 0.519. The molecule has 0 aromatic heterocycles. The summed E-state index contributed by atoms with van der Waals surface area (Å²) >= 11 is 0. The minimum atomic E-state index is 0.519. The summed E-state index contributed by atoms with van der Waals surface area (Å²) in [6, 6.07) is 4.22. The van der Waals surface area contributed by atoms with E-state index >= 15 is 0 Å². The molecule has 1 N–H and O–H groups in total. The minimum Gasteiger partial charge on any atom is -0.493 e. The van der Waals surface area contributed by atoms with Gasteiger partial charge in [0.15, 0.2) is 11.5 Å². The highest BCUT2D eigenvalue weighted by Crippen LogP contribution is 2.41. The van der Waals surface area contributed by atoms with Crippen LogP contribution in [0.3, 0.4) is 0 Å². The highest BCUT2D eigenvalue weighted by atomic mass is 16.5. The van der Waals surface area contributed by atoms with E-state index in [1.165, 1.54) is 24.0 Å². The van der Waals surface area contributed by atoms with Gasteiger partial charge in [-0.15, -0.1) is 0 Å². The second-order valence-electron chi connectivity index (χ2n) is 5.27. The number of fused-ring (bicyclic) bond motifs is 1. The van der Waals surface area contributed by atoms with E-state index < -0.39 is 0 Å². The highest BCUT2D eigenvalue weighted by Gasteiger charge is 2.23. The lowest BCUT2D eigenvalue weighted by Gasteiger charge is -2.27. The van der Waals surface area contributed by atoms with Gasteiger partial charge in [-0.2, -0.15) is 0 Å². The highest BCUT2D eigenvalue weighted by molar-refractivity contribution is 5.49. The Morgan fingerprint density at radius 2 is 1.95 bits per heavy atom. The van der Waals surface area contributed by atoms with E-state index in [1.807, 2.05) is 0 Å². The van der Waals surface area contributed by atoms with Crippen LogP contribution in [0.15, 0.2) is 12.1 Å². The van der Waals surface area contributed by atoms with Crippen molar-refractivity contribution in [2.45, 2.75) is 44.9 Å². The van der Waals surface area contributed by atoms with Gasteiger partial charge in [0.2, 0.25) is 0 Å². The number of methoxy groups -OCH3 is 2. The van der Waals surface area contributed by atoms with Gasteiger partial charge in [0, 0.05) is 0 Å². The van der Waals surface area contributed by atoms with Crippen molar-refractivity contribution in [2.24, 2.45) is 0 Å². The first-order valence-corrected chi connectivity index (χ1v) is 6.92. The van der Waals surface area contributed by atoms with Crippen LogP contribution in [0.1, 0.15) is 49.7 Å². The molecule has 1 aromatic carbocycles. The Morgan fingerprint density at radius 1 is 1.26 bits per heavy atom. The molecule has 0 fully saturated rings. The molecule has 0 spiro atoms. The molecule has 2 rings (SSSR count). The van der Waals surface area contributed by atoms with Crippen molar-refractivity contribution in [2.75, 3.05) is 14.2 Å². The summed E-state index contributed by atoms with van der Waals surface area (Å²) in [6.45, 7) is 1.78. The number of hydrogen-bond acceptors (Lipinski definition) is 3. The van der Waals surface area contributed by atoms with Crippen molar-refractivity contribution in [3.05, 3.63) is 29.4 Å². The van der Waals surface area contributed by atoms with Crippen LogP contribution in [0.5, 0.6) is 11.5 Å². The Kier molecular flexibility index (Phi) is 4.70. The van der Waals surface area contributed by atoms with Gasteiger partial charge in [-0.3, -0.25) is 0 Å². The number of benzene rings is 1. The SMILES string of the molecule is COc1cc2c(cc1OC)[C@@H](CC[C](C)O)CCC2. The Balaban J connectivity index is 2.27. The maximum atomic E-state index is 9.39. The van der Waals surface area contributed by atoms with Crippen LogP contribution in [0, 0.1) is 6.10 Å². The molecule has 3 heteroatoms. The van der Waals surface area contributed by atoms with Crippen molar-refractivity contribution in [1.82, 2.24) is 0 Å². The summed E-state index contributed by atoms with van der Waals surface area (Å²) in [5.74, 6) is 2.13. The van der Waals surface area contributed by atoms with Crippen LogP contribution in [-0.2, 0) is 6.42 Å². The van der Waals surface area contributed by atoms with Crippen molar-refractivity contribution in [1.29, 1.82) is 0 Å².